The van der Waals surface area contributed by atoms with Gasteiger partial charge >= 0.3 is 5.97 Å². The quantitative estimate of drug-likeness (QED) is 0.577. The maximum Gasteiger partial charge on any atom is 0.329 e. The van der Waals surface area contributed by atoms with Crippen LogP contribution in [-0.2, 0) is 19.1 Å². The van der Waals surface area contributed by atoms with Gasteiger partial charge in [0.1, 0.15) is 11.6 Å². The molecular formula is C25H44N2O5. The van der Waals surface area contributed by atoms with E-state index in [1.807, 2.05) is 27.8 Å². The lowest BCUT2D eigenvalue weighted by molar-refractivity contribution is -0.164. The number of rotatable bonds is 7. The Bertz CT molecular complexity index is 673. The van der Waals surface area contributed by atoms with Crippen molar-refractivity contribution < 1.29 is 24.2 Å². The molecule has 7 heteroatoms. The van der Waals surface area contributed by atoms with Crippen LogP contribution in [0, 0.1) is 17.3 Å². The first kappa shape index (κ1) is 26.8. The number of likely N-dealkylation sites (N-methyl/N-ethyl adjacent to an activating group) is 1. The van der Waals surface area contributed by atoms with E-state index < -0.39 is 35.0 Å². The van der Waals surface area contributed by atoms with Crippen molar-refractivity contribution in [2.75, 3.05) is 13.6 Å². The third kappa shape index (κ3) is 7.01. The number of amides is 1. The van der Waals surface area contributed by atoms with Gasteiger partial charge in [0.05, 0.1) is 12.1 Å². The topological polar surface area (TPSA) is 95.9 Å². The number of ketones is 1. The standard InChI is InChI=1S/C25H44N2O5/c1-24(2,3)18(14-20(29)21(26-7)16-11-9-8-10-12-16)22(30)27-15-17(28)13-19(27)23(31)32-25(4,5)6/h16-19,21,26,28H,8-15H2,1-7H3/t17-,18+,19-,21-/m0/s1. The fourth-order valence-electron chi connectivity index (χ4n) is 5.07. The van der Waals surface area contributed by atoms with Crippen molar-refractivity contribution in [1.29, 1.82) is 0 Å². The lowest BCUT2D eigenvalue weighted by atomic mass is 9.74. The van der Waals surface area contributed by atoms with Gasteiger partial charge in [0.25, 0.3) is 0 Å². The van der Waals surface area contributed by atoms with E-state index in [0.717, 1.165) is 25.7 Å². The van der Waals surface area contributed by atoms with Crippen LogP contribution in [0.3, 0.4) is 0 Å². The number of nitrogens with zero attached hydrogens (tertiary/aromatic N) is 1. The Kier molecular flexibility index (Phi) is 8.90. The SMILES string of the molecule is CN[C@H](C(=O)C[C@H](C(=O)N1C[C@@H](O)C[C@H]1C(=O)OC(C)(C)C)C(C)(C)C)C1CCCCC1. The van der Waals surface area contributed by atoms with E-state index in [2.05, 4.69) is 5.32 Å². The maximum atomic E-state index is 13.7. The summed E-state index contributed by atoms with van der Waals surface area (Å²) >= 11 is 0. The molecule has 1 saturated carbocycles. The number of aliphatic hydroxyl groups excluding tert-OH is 1. The molecule has 1 heterocycles. The lowest BCUT2D eigenvalue weighted by Crippen LogP contribution is -2.50. The van der Waals surface area contributed by atoms with Gasteiger partial charge in [-0.2, -0.15) is 0 Å². The summed E-state index contributed by atoms with van der Waals surface area (Å²) in [5.74, 6) is -0.973. The van der Waals surface area contributed by atoms with Gasteiger partial charge in [-0.15, -0.1) is 0 Å². The number of hydrogen-bond acceptors (Lipinski definition) is 6. The second kappa shape index (κ2) is 10.6. The average Bonchev–Trinajstić information content (AvgIpc) is 3.07. The molecule has 0 bridgehead atoms. The average molecular weight is 453 g/mol. The van der Waals surface area contributed by atoms with Gasteiger partial charge in [-0.1, -0.05) is 40.0 Å². The highest BCUT2D eigenvalue weighted by atomic mass is 16.6. The number of carbonyl (C=O) groups excluding carboxylic acids is 3. The van der Waals surface area contributed by atoms with Crippen LogP contribution >= 0.6 is 0 Å². The lowest BCUT2D eigenvalue weighted by Gasteiger charge is -2.36. The molecule has 32 heavy (non-hydrogen) atoms. The van der Waals surface area contributed by atoms with Crippen LogP contribution in [0.5, 0.6) is 0 Å². The molecule has 0 aromatic heterocycles. The van der Waals surface area contributed by atoms with Crippen LogP contribution in [0.1, 0.15) is 86.5 Å². The Hall–Kier alpha value is -1.47. The van der Waals surface area contributed by atoms with Crippen LogP contribution < -0.4 is 5.32 Å². The summed E-state index contributed by atoms with van der Waals surface area (Å²) in [4.78, 5) is 41.2. The Morgan fingerprint density at radius 3 is 2.16 bits per heavy atom. The molecule has 0 aromatic rings. The maximum absolute atomic E-state index is 13.7. The van der Waals surface area contributed by atoms with Gasteiger partial charge in [-0.3, -0.25) is 9.59 Å². The molecule has 0 unspecified atom stereocenters. The molecular weight excluding hydrogens is 408 g/mol. The van der Waals surface area contributed by atoms with E-state index in [0.29, 0.717) is 5.92 Å². The minimum absolute atomic E-state index is 0.0567. The molecule has 2 N–H and O–H groups in total. The molecule has 1 saturated heterocycles. The molecule has 0 radical (unpaired) electrons. The summed E-state index contributed by atoms with van der Waals surface area (Å²) in [6, 6.07) is -1.08. The van der Waals surface area contributed by atoms with Gasteiger partial charge < -0.3 is 20.1 Å². The van der Waals surface area contributed by atoms with E-state index in [9.17, 15) is 19.5 Å². The molecule has 1 amide bonds. The molecule has 184 valence electrons. The fourth-order valence-corrected chi connectivity index (χ4v) is 5.07. The fraction of sp³-hybridized carbons (Fsp3) is 0.880. The molecule has 0 aromatic carbocycles. The highest BCUT2D eigenvalue weighted by Crippen LogP contribution is 2.35. The Balaban J connectivity index is 2.21. The molecule has 7 nitrogen and oxygen atoms in total. The third-order valence-electron chi connectivity index (χ3n) is 6.77. The molecule has 2 aliphatic rings. The molecule has 1 aliphatic heterocycles. The zero-order valence-corrected chi connectivity index (χ0v) is 21.1. The molecule has 4 atom stereocenters. The van der Waals surface area contributed by atoms with E-state index in [1.165, 1.54) is 11.3 Å². The number of likely N-dealkylation sites (tertiary alicyclic amines) is 1. The minimum Gasteiger partial charge on any atom is -0.458 e. The summed E-state index contributed by atoms with van der Waals surface area (Å²) in [7, 11) is 1.82. The number of Topliss-reactive ketones (excluding diaryl/α,β-unsaturated/α-hetero) is 1. The third-order valence-corrected chi connectivity index (χ3v) is 6.77. The first-order valence-corrected chi connectivity index (χ1v) is 12.2. The predicted molar refractivity (Wildman–Crippen MR) is 124 cm³/mol. The first-order valence-electron chi connectivity index (χ1n) is 12.2. The monoisotopic (exact) mass is 452 g/mol. The predicted octanol–water partition coefficient (Wildman–Crippen LogP) is 3.08. The normalized spacial score (nSPS) is 24.8. The largest absolute Gasteiger partial charge is 0.458 e. The van der Waals surface area contributed by atoms with Crippen molar-refractivity contribution in [2.24, 2.45) is 17.3 Å². The Morgan fingerprint density at radius 2 is 1.66 bits per heavy atom. The summed E-state index contributed by atoms with van der Waals surface area (Å²) in [5.41, 5.74) is -1.15. The van der Waals surface area contributed by atoms with Crippen molar-refractivity contribution in [3.63, 3.8) is 0 Å². The van der Waals surface area contributed by atoms with Crippen LogP contribution in [-0.4, -0.2) is 65.0 Å². The van der Waals surface area contributed by atoms with Gasteiger partial charge in [0.2, 0.25) is 5.91 Å². The van der Waals surface area contributed by atoms with Crippen LogP contribution in [0.25, 0.3) is 0 Å². The molecule has 0 spiro atoms. The first-order chi connectivity index (χ1) is 14.7. The van der Waals surface area contributed by atoms with Crippen molar-refractivity contribution in [3.05, 3.63) is 0 Å². The van der Waals surface area contributed by atoms with Crippen LogP contribution in [0.15, 0.2) is 0 Å². The van der Waals surface area contributed by atoms with Crippen molar-refractivity contribution in [3.8, 4) is 0 Å². The Labute approximate surface area is 193 Å². The summed E-state index contributed by atoms with van der Waals surface area (Å²) in [5, 5.41) is 13.5. The van der Waals surface area contributed by atoms with Crippen LogP contribution in [0.2, 0.25) is 0 Å². The van der Waals surface area contributed by atoms with Crippen molar-refractivity contribution in [1.82, 2.24) is 10.2 Å². The highest BCUT2D eigenvalue weighted by molar-refractivity contribution is 5.92. The van der Waals surface area contributed by atoms with Crippen molar-refractivity contribution >= 4 is 17.7 Å². The number of carbonyl (C=O) groups is 3. The number of aliphatic hydroxyl groups is 1. The van der Waals surface area contributed by atoms with Crippen molar-refractivity contribution in [2.45, 2.75) is 110 Å². The van der Waals surface area contributed by atoms with Gasteiger partial charge in [0.15, 0.2) is 5.78 Å². The number of ether oxygens (including phenoxy) is 1. The highest BCUT2D eigenvalue weighted by Gasteiger charge is 2.46. The van der Waals surface area contributed by atoms with Crippen LogP contribution in [0.4, 0.5) is 0 Å². The Morgan fingerprint density at radius 1 is 1.06 bits per heavy atom. The zero-order chi connectivity index (χ0) is 24.3. The van der Waals surface area contributed by atoms with Gasteiger partial charge in [-0.05, 0) is 52.0 Å². The van der Waals surface area contributed by atoms with E-state index >= 15 is 0 Å². The number of β-amino-alcohol motifs (C(OH)–C–C–N with tert-alkyl or cyclic N) is 1. The summed E-state index contributed by atoms with van der Waals surface area (Å²) in [6.07, 6.45) is 5.06. The summed E-state index contributed by atoms with van der Waals surface area (Å²) < 4.78 is 5.51. The molecule has 2 fully saturated rings. The number of hydrogen-bond donors (Lipinski definition) is 2. The van der Waals surface area contributed by atoms with Gasteiger partial charge in [0, 0.05) is 25.3 Å². The van der Waals surface area contributed by atoms with E-state index in [1.54, 1.807) is 20.8 Å². The zero-order valence-electron chi connectivity index (χ0n) is 21.1. The minimum atomic E-state index is -0.824. The van der Waals surface area contributed by atoms with E-state index in [-0.39, 0.29) is 37.1 Å². The van der Waals surface area contributed by atoms with Gasteiger partial charge in [-0.25, -0.2) is 4.79 Å². The second-order valence-electron chi connectivity index (χ2n) is 11.7. The molecule has 1 aliphatic carbocycles. The number of esters is 1. The second-order valence-corrected chi connectivity index (χ2v) is 11.7. The smallest absolute Gasteiger partial charge is 0.329 e. The molecule has 2 rings (SSSR count). The number of nitrogens with one attached hydrogen (secondary N) is 1. The summed E-state index contributed by atoms with van der Waals surface area (Å²) in [6.45, 7) is 11.3. The van der Waals surface area contributed by atoms with E-state index in [4.69, 9.17) is 4.74 Å².